The van der Waals surface area contributed by atoms with Gasteiger partial charge in [-0.05, 0) is 29.3 Å². The van der Waals surface area contributed by atoms with Crippen molar-refractivity contribution in [1.82, 2.24) is 14.9 Å². The van der Waals surface area contributed by atoms with Crippen LogP contribution in [0, 0.1) is 0 Å². The van der Waals surface area contributed by atoms with Crippen LogP contribution in [0.4, 0.5) is 13.2 Å². The number of alkyl halides is 3. The number of benzene rings is 1. The third-order valence-electron chi connectivity index (χ3n) is 4.18. The highest BCUT2D eigenvalue weighted by molar-refractivity contribution is 7.99. The maximum Gasteiger partial charge on any atom is 0.417 e. The van der Waals surface area contributed by atoms with Crippen LogP contribution in [0.3, 0.4) is 0 Å². The number of hydrogen-bond donors (Lipinski definition) is 1. The summed E-state index contributed by atoms with van der Waals surface area (Å²) in [6.07, 6.45) is -1.95. The van der Waals surface area contributed by atoms with Crippen molar-refractivity contribution in [2.45, 2.75) is 24.3 Å². The quantitative estimate of drug-likeness (QED) is 0.577. The van der Waals surface area contributed by atoms with E-state index in [1.807, 2.05) is 24.3 Å². The van der Waals surface area contributed by atoms with Crippen LogP contribution in [0.15, 0.2) is 76.8 Å². The minimum atomic E-state index is -4.43. The zero-order valence-corrected chi connectivity index (χ0v) is 16.5. The Morgan fingerprint density at radius 1 is 1.03 bits per heavy atom. The van der Waals surface area contributed by atoms with Crippen LogP contribution >= 0.6 is 11.8 Å². The van der Waals surface area contributed by atoms with Gasteiger partial charge in [0.05, 0.1) is 22.9 Å². The molecule has 0 radical (unpaired) electrons. The number of carbonyl (C=O) groups is 1. The first-order chi connectivity index (χ1) is 14.3. The van der Waals surface area contributed by atoms with Gasteiger partial charge in [0.15, 0.2) is 0 Å². The number of nitrogens with one attached hydrogen (secondary N) is 1. The van der Waals surface area contributed by atoms with E-state index in [1.54, 1.807) is 22.9 Å². The summed E-state index contributed by atoms with van der Waals surface area (Å²) >= 11 is 1.07. The van der Waals surface area contributed by atoms with Crippen LogP contribution in [-0.4, -0.2) is 21.2 Å². The highest BCUT2D eigenvalue weighted by Gasteiger charge is 2.30. The third-order valence-corrected chi connectivity index (χ3v) is 5.12. The van der Waals surface area contributed by atoms with Gasteiger partial charge < -0.3 is 9.88 Å². The van der Waals surface area contributed by atoms with E-state index >= 15 is 0 Å². The second kappa shape index (κ2) is 9.62. The normalized spacial score (nSPS) is 11.3. The summed E-state index contributed by atoms with van der Waals surface area (Å²) in [6, 6.07) is 14.7. The fourth-order valence-electron chi connectivity index (χ4n) is 2.58. The number of nitrogens with zero attached hydrogens (tertiary/aromatic N) is 2. The highest BCUT2D eigenvalue weighted by Crippen LogP contribution is 2.29. The lowest BCUT2D eigenvalue weighted by atomic mass is 10.1. The molecule has 0 fully saturated rings. The average molecular weight is 433 g/mol. The van der Waals surface area contributed by atoms with Crippen molar-refractivity contribution < 1.29 is 18.0 Å². The predicted molar refractivity (Wildman–Crippen MR) is 108 cm³/mol. The molecule has 1 N–H and O–H groups in total. The van der Waals surface area contributed by atoms with Gasteiger partial charge >= 0.3 is 6.18 Å². The molecule has 30 heavy (non-hydrogen) atoms. The lowest BCUT2D eigenvalue weighted by molar-refractivity contribution is -0.137. The largest absolute Gasteiger partial charge is 0.417 e. The minimum Gasteiger partial charge on any atom is -0.351 e. The number of halogens is 3. The Balaban J connectivity index is 1.45. The van der Waals surface area contributed by atoms with E-state index in [4.69, 9.17) is 0 Å². The van der Waals surface area contributed by atoms with Crippen molar-refractivity contribution in [1.29, 1.82) is 0 Å². The zero-order chi connectivity index (χ0) is 21.6. The van der Waals surface area contributed by atoms with Crippen LogP contribution in [0.25, 0.3) is 0 Å². The molecule has 1 aromatic carbocycles. The fourth-order valence-corrected chi connectivity index (χ4v) is 3.25. The van der Waals surface area contributed by atoms with Crippen molar-refractivity contribution in [2.24, 2.45) is 0 Å². The maximum atomic E-state index is 12.5. The zero-order valence-electron chi connectivity index (χ0n) is 15.7. The number of carbonyl (C=O) groups excluding carboxylic acids is 1. The minimum absolute atomic E-state index is 0.0490. The number of hydrogen-bond acceptors (Lipinski definition) is 4. The molecular formula is C21H18F3N3O2S. The molecule has 0 aliphatic carbocycles. The summed E-state index contributed by atoms with van der Waals surface area (Å²) in [5.41, 5.74) is 0.957. The predicted octanol–water partition coefficient (Wildman–Crippen LogP) is 3.72. The maximum absolute atomic E-state index is 12.5. The second-order valence-corrected chi connectivity index (χ2v) is 7.43. The molecule has 0 aliphatic heterocycles. The first kappa shape index (κ1) is 21.6. The Morgan fingerprint density at radius 2 is 1.77 bits per heavy atom. The smallest absolute Gasteiger partial charge is 0.351 e. The molecule has 156 valence electrons. The van der Waals surface area contributed by atoms with Crippen molar-refractivity contribution in [3.8, 4) is 0 Å². The molecule has 2 aromatic heterocycles. The molecule has 3 aromatic rings. The molecule has 0 aliphatic rings. The summed E-state index contributed by atoms with van der Waals surface area (Å²) in [7, 11) is 0. The van der Waals surface area contributed by atoms with E-state index in [-0.39, 0.29) is 17.2 Å². The molecule has 0 atom stereocenters. The van der Waals surface area contributed by atoms with Crippen LogP contribution in [0.5, 0.6) is 0 Å². The first-order valence-corrected chi connectivity index (χ1v) is 9.96. The molecule has 0 unspecified atom stereocenters. The molecule has 0 bridgehead atoms. The number of rotatable bonds is 7. The number of thioether (sulfide) groups is 1. The first-order valence-electron chi connectivity index (χ1n) is 8.97. The highest BCUT2D eigenvalue weighted by atomic mass is 32.2. The van der Waals surface area contributed by atoms with Gasteiger partial charge in [-0.25, -0.2) is 4.98 Å². The second-order valence-electron chi connectivity index (χ2n) is 6.43. The van der Waals surface area contributed by atoms with E-state index in [2.05, 4.69) is 10.3 Å². The SMILES string of the molecule is O=C(CSc1ccc(C(F)(F)F)cn1)NCc1ccc(Cn2ccccc2=O)cc1. The Bertz CT molecular complexity index is 1050. The Kier molecular flexibility index (Phi) is 6.94. The number of aromatic nitrogens is 2. The summed E-state index contributed by atoms with van der Waals surface area (Å²) in [5.74, 6) is -0.200. The average Bonchev–Trinajstić information content (AvgIpc) is 2.73. The van der Waals surface area contributed by atoms with Crippen molar-refractivity contribution in [2.75, 3.05) is 5.75 Å². The topological polar surface area (TPSA) is 64.0 Å². The van der Waals surface area contributed by atoms with E-state index < -0.39 is 11.7 Å². The van der Waals surface area contributed by atoms with Crippen molar-refractivity contribution in [3.63, 3.8) is 0 Å². The number of amides is 1. The molecule has 0 saturated carbocycles. The lowest BCUT2D eigenvalue weighted by Crippen LogP contribution is -2.24. The van der Waals surface area contributed by atoms with Gasteiger partial charge in [0.2, 0.25) is 5.91 Å². The molecule has 5 nitrogen and oxygen atoms in total. The monoisotopic (exact) mass is 433 g/mol. The van der Waals surface area contributed by atoms with Crippen LogP contribution in [0.1, 0.15) is 16.7 Å². The molecule has 3 rings (SSSR count). The Hall–Kier alpha value is -3.07. The molecule has 2 heterocycles. The van der Waals surface area contributed by atoms with E-state index in [9.17, 15) is 22.8 Å². The van der Waals surface area contributed by atoms with Gasteiger partial charge in [-0.15, -0.1) is 0 Å². The molecule has 0 spiro atoms. The van der Waals surface area contributed by atoms with Crippen LogP contribution in [-0.2, 0) is 24.1 Å². The van der Waals surface area contributed by atoms with E-state index in [0.29, 0.717) is 18.1 Å². The van der Waals surface area contributed by atoms with Gasteiger partial charge in [-0.1, -0.05) is 42.1 Å². The van der Waals surface area contributed by atoms with Crippen molar-refractivity contribution >= 4 is 17.7 Å². The van der Waals surface area contributed by atoms with Gasteiger partial charge in [-0.2, -0.15) is 13.2 Å². The van der Waals surface area contributed by atoms with Crippen LogP contribution in [0.2, 0.25) is 0 Å². The van der Waals surface area contributed by atoms with Gasteiger partial charge in [0, 0.05) is 25.0 Å². The fraction of sp³-hybridized carbons (Fsp3) is 0.190. The summed E-state index contributed by atoms with van der Waals surface area (Å²) in [6.45, 7) is 0.786. The standard InChI is InChI=1S/C21H18F3N3O2S/c22-21(23,24)17-8-9-19(26-12-17)30-14-18(28)25-11-15-4-6-16(7-5-15)13-27-10-2-1-3-20(27)29/h1-10,12H,11,13-14H2,(H,25,28). The number of pyridine rings is 2. The van der Waals surface area contributed by atoms with E-state index in [1.165, 1.54) is 12.1 Å². The Morgan fingerprint density at radius 3 is 2.40 bits per heavy atom. The summed E-state index contributed by atoms with van der Waals surface area (Å²) < 4.78 is 39.2. The van der Waals surface area contributed by atoms with E-state index in [0.717, 1.165) is 35.2 Å². The molecule has 9 heteroatoms. The lowest BCUT2D eigenvalue weighted by Gasteiger charge is -2.08. The Labute approximate surface area is 175 Å². The van der Waals surface area contributed by atoms with Gasteiger partial charge in [0.25, 0.3) is 5.56 Å². The summed E-state index contributed by atoms with van der Waals surface area (Å²) in [5, 5.41) is 3.11. The molecule has 0 saturated heterocycles. The van der Waals surface area contributed by atoms with Crippen molar-refractivity contribution in [3.05, 3.63) is 94.0 Å². The molecular weight excluding hydrogens is 415 g/mol. The third kappa shape index (κ3) is 6.21. The molecule has 1 amide bonds. The van der Waals surface area contributed by atoms with Crippen LogP contribution < -0.4 is 10.9 Å². The summed E-state index contributed by atoms with van der Waals surface area (Å²) in [4.78, 5) is 27.5. The van der Waals surface area contributed by atoms with Gasteiger partial charge in [-0.3, -0.25) is 9.59 Å². The van der Waals surface area contributed by atoms with Gasteiger partial charge in [0.1, 0.15) is 0 Å².